The van der Waals surface area contributed by atoms with E-state index in [0.29, 0.717) is 0 Å². The molecule has 0 aliphatic rings. The molecule has 2 nitrogen and oxygen atoms in total. The highest BCUT2D eigenvalue weighted by Gasteiger charge is 2.24. The second-order valence-corrected chi connectivity index (χ2v) is 16.9. The van der Waals surface area contributed by atoms with E-state index in [0.717, 1.165) is 28.3 Å². The van der Waals surface area contributed by atoms with Gasteiger partial charge in [-0.25, -0.2) is 0 Å². The summed E-state index contributed by atoms with van der Waals surface area (Å²) in [6, 6.07) is 96.8. The van der Waals surface area contributed by atoms with Crippen LogP contribution in [0.5, 0.6) is 0 Å². The Hall–Kier alpha value is -8.72. The third-order valence-corrected chi connectivity index (χ3v) is 13.0. The minimum absolute atomic E-state index is 1.09. The van der Waals surface area contributed by atoms with Crippen LogP contribution in [0.4, 0.5) is 17.1 Å². The van der Waals surface area contributed by atoms with Gasteiger partial charge < -0.3 is 9.47 Å². The molecule has 0 bridgehead atoms. The molecule has 0 saturated heterocycles. The quantitative estimate of drug-likeness (QED) is 0.141. The average molecular weight is 841 g/mol. The Balaban J connectivity index is 1.01. The lowest BCUT2D eigenvalue weighted by Gasteiger charge is -2.26. The van der Waals surface area contributed by atoms with Crippen LogP contribution in [-0.4, -0.2) is 4.57 Å². The maximum absolute atomic E-state index is 2.51. The second kappa shape index (κ2) is 16.8. The Morgan fingerprint density at radius 1 is 0.273 bits per heavy atom. The molecule has 0 atom stereocenters. The van der Waals surface area contributed by atoms with Crippen molar-refractivity contribution < 1.29 is 0 Å². The van der Waals surface area contributed by atoms with Crippen molar-refractivity contribution in [3.05, 3.63) is 267 Å². The first kappa shape index (κ1) is 38.9. The first-order chi connectivity index (χ1) is 32.7. The SMILES string of the molecule is c1ccc(-c2ccc(N(c3ccc(-c4ccccc4)cc3)c3ccc(-c4cccc5c4ccc4c(-c6ccccc6)c(-c6ccccc6)n(-c6ccc7ccccc7c6)c45)cc3)cc2)cc1. The van der Waals surface area contributed by atoms with E-state index < -0.39 is 0 Å². The number of fused-ring (bicyclic) bond motifs is 4. The van der Waals surface area contributed by atoms with E-state index in [9.17, 15) is 0 Å². The smallest absolute Gasteiger partial charge is 0.0620 e. The van der Waals surface area contributed by atoms with Crippen LogP contribution in [0, 0.1) is 0 Å². The van der Waals surface area contributed by atoms with Gasteiger partial charge in [-0.2, -0.15) is 0 Å². The summed E-state index contributed by atoms with van der Waals surface area (Å²) in [5.74, 6) is 0. The number of hydrogen-bond donors (Lipinski definition) is 0. The van der Waals surface area contributed by atoms with Crippen LogP contribution in [0.1, 0.15) is 0 Å². The molecule has 0 aliphatic heterocycles. The van der Waals surface area contributed by atoms with Crippen molar-refractivity contribution >= 4 is 49.5 Å². The standard InChI is InChI=1S/C64H44N2/c1-5-16-45(17-6-1)48-28-35-54(36-29-48)65(55-37-30-49(31-38-55)46-18-7-2-8-19-46)56-39-33-50(34-40-56)58-26-15-27-60-59(58)42-43-61-62(51-21-9-3-10-22-51)63(52-23-11-4-12-24-52)66(64(60)61)57-41-32-47-20-13-14-25-53(47)44-57/h1-44H. The summed E-state index contributed by atoms with van der Waals surface area (Å²) in [6.45, 7) is 0. The predicted molar refractivity (Wildman–Crippen MR) is 280 cm³/mol. The molecule has 0 fully saturated rings. The van der Waals surface area contributed by atoms with Crippen molar-refractivity contribution in [2.24, 2.45) is 0 Å². The van der Waals surface area contributed by atoms with Gasteiger partial charge in [0, 0.05) is 39.1 Å². The van der Waals surface area contributed by atoms with Crippen molar-refractivity contribution in [1.29, 1.82) is 0 Å². The number of rotatable bonds is 9. The van der Waals surface area contributed by atoms with Crippen LogP contribution in [-0.2, 0) is 0 Å². The maximum atomic E-state index is 2.51. The number of nitrogens with zero attached hydrogens (tertiary/aromatic N) is 2. The third kappa shape index (κ3) is 7.02. The summed E-state index contributed by atoms with van der Waals surface area (Å²) in [4.78, 5) is 2.35. The van der Waals surface area contributed by atoms with Gasteiger partial charge in [-0.3, -0.25) is 0 Å². The number of anilines is 3. The van der Waals surface area contributed by atoms with Gasteiger partial charge >= 0.3 is 0 Å². The Morgan fingerprint density at radius 2 is 0.727 bits per heavy atom. The molecule has 0 aliphatic carbocycles. The lowest BCUT2D eigenvalue weighted by atomic mass is 9.94. The zero-order valence-corrected chi connectivity index (χ0v) is 36.3. The minimum atomic E-state index is 1.09. The third-order valence-electron chi connectivity index (χ3n) is 13.0. The number of hydrogen-bond acceptors (Lipinski definition) is 1. The maximum Gasteiger partial charge on any atom is 0.0620 e. The lowest BCUT2D eigenvalue weighted by molar-refractivity contribution is 1.14. The van der Waals surface area contributed by atoms with Gasteiger partial charge in [-0.05, 0) is 109 Å². The highest BCUT2D eigenvalue weighted by molar-refractivity contribution is 6.18. The number of aromatic nitrogens is 1. The van der Waals surface area contributed by atoms with Gasteiger partial charge in [-0.15, -0.1) is 0 Å². The lowest BCUT2D eigenvalue weighted by Crippen LogP contribution is -2.09. The van der Waals surface area contributed by atoms with Crippen molar-refractivity contribution in [2.45, 2.75) is 0 Å². The van der Waals surface area contributed by atoms with Gasteiger partial charge in [0.15, 0.2) is 0 Å². The van der Waals surface area contributed by atoms with Gasteiger partial charge in [0.2, 0.25) is 0 Å². The van der Waals surface area contributed by atoms with E-state index in [1.54, 1.807) is 0 Å². The molecule has 0 radical (unpaired) electrons. The normalized spacial score (nSPS) is 11.3. The van der Waals surface area contributed by atoms with Crippen LogP contribution in [0.25, 0.3) is 93.9 Å². The fourth-order valence-electron chi connectivity index (χ4n) is 9.83. The fourth-order valence-corrected chi connectivity index (χ4v) is 9.83. The topological polar surface area (TPSA) is 8.17 Å². The van der Waals surface area contributed by atoms with Gasteiger partial charge in [0.05, 0.1) is 11.2 Å². The zero-order chi connectivity index (χ0) is 43.8. The number of benzene rings is 11. The molecular formula is C64H44N2. The van der Waals surface area contributed by atoms with Crippen molar-refractivity contribution in [2.75, 3.05) is 4.90 Å². The molecule has 0 amide bonds. The Kier molecular flexibility index (Phi) is 9.89. The molecule has 0 unspecified atom stereocenters. The summed E-state index contributed by atoms with van der Waals surface area (Å²) in [7, 11) is 0. The van der Waals surface area contributed by atoms with Crippen LogP contribution >= 0.6 is 0 Å². The van der Waals surface area contributed by atoms with Gasteiger partial charge in [-0.1, -0.05) is 218 Å². The highest BCUT2D eigenvalue weighted by atomic mass is 15.1. The molecule has 66 heavy (non-hydrogen) atoms. The molecule has 1 aromatic heterocycles. The molecule has 2 heteroatoms. The molecule has 1 heterocycles. The summed E-state index contributed by atoms with van der Waals surface area (Å²) in [5.41, 5.74) is 17.6. The summed E-state index contributed by atoms with van der Waals surface area (Å²) < 4.78 is 2.51. The fraction of sp³-hybridized carbons (Fsp3) is 0. The van der Waals surface area contributed by atoms with Crippen LogP contribution in [0.3, 0.4) is 0 Å². The van der Waals surface area contributed by atoms with E-state index in [1.165, 1.54) is 82.6 Å². The monoisotopic (exact) mass is 840 g/mol. The summed E-state index contributed by atoms with van der Waals surface area (Å²) in [6.07, 6.45) is 0. The van der Waals surface area contributed by atoms with E-state index in [1.807, 2.05) is 0 Å². The molecule has 0 spiro atoms. The van der Waals surface area contributed by atoms with Gasteiger partial charge in [0.1, 0.15) is 0 Å². The molecule has 310 valence electrons. The van der Waals surface area contributed by atoms with Crippen LogP contribution < -0.4 is 4.90 Å². The van der Waals surface area contributed by atoms with Crippen molar-refractivity contribution in [3.8, 4) is 61.5 Å². The summed E-state index contributed by atoms with van der Waals surface area (Å²) in [5, 5.41) is 6.08. The molecule has 0 N–H and O–H groups in total. The van der Waals surface area contributed by atoms with Crippen molar-refractivity contribution in [1.82, 2.24) is 4.57 Å². The second-order valence-electron chi connectivity index (χ2n) is 16.9. The van der Waals surface area contributed by atoms with E-state index in [2.05, 4.69) is 276 Å². The van der Waals surface area contributed by atoms with Crippen LogP contribution in [0.15, 0.2) is 267 Å². The molecule has 11 aromatic carbocycles. The Labute approximate surface area is 385 Å². The zero-order valence-electron chi connectivity index (χ0n) is 36.3. The van der Waals surface area contributed by atoms with Crippen LogP contribution in [0.2, 0.25) is 0 Å². The largest absolute Gasteiger partial charge is 0.311 e. The van der Waals surface area contributed by atoms with E-state index >= 15 is 0 Å². The van der Waals surface area contributed by atoms with Gasteiger partial charge in [0.25, 0.3) is 0 Å². The molecular weight excluding hydrogens is 797 g/mol. The first-order valence-electron chi connectivity index (χ1n) is 22.7. The predicted octanol–water partition coefficient (Wildman–Crippen LogP) is 17.7. The molecule has 0 saturated carbocycles. The highest BCUT2D eigenvalue weighted by Crippen LogP contribution is 2.47. The average Bonchev–Trinajstić information content (AvgIpc) is 3.76. The first-order valence-corrected chi connectivity index (χ1v) is 22.7. The van der Waals surface area contributed by atoms with E-state index in [-0.39, 0.29) is 0 Å². The molecule has 12 rings (SSSR count). The summed E-state index contributed by atoms with van der Waals surface area (Å²) >= 11 is 0. The minimum Gasteiger partial charge on any atom is -0.311 e. The Morgan fingerprint density at radius 3 is 1.29 bits per heavy atom. The Bertz CT molecular complexity index is 3550. The van der Waals surface area contributed by atoms with E-state index in [4.69, 9.17) is 0 Å². The molecule has 12 aromatic rings. The van der Waals surface area contributed by atoms with Crippen molar-refractivity contribution in [3.63, 3.8) is 0 Å².